The van der Waals surface area contributed by atoms with Gasteiger partial charge in [0.1, 0.15) is 5.70 Å². The lowest BCUT2D eigenvalue weighted by molar-refractivity contribution is -0.114. The number of carbonyl (C=O) groups is 3. The van der Waals surface area contributed by atoms with E-state index in [4.69, 9.17) is 0 Å². The van der Waals surface area contributed by atoms with Crippen LogP contribution in [0.2, 0.25) is 0 Å². The molecule has 4 aromatic rings. The number of nitrogens with one attached hydrogen (secondary N) is 3. The number of carbonyl (C=O) groups excluding carboxylic acids is 3. The summed E-state index contributed by atoms with van der Waals surface area (Å²) in [5.74, 6) is -0.777. The lowest BCUT2D eigenvalue weighted by Crippen LogP contribution is -2.30. The fourth-order valence-electron chi connectivity index (χ4n) is 3.11. The Morgan fingerprint density at radius 2 is 1.69 bits per heavy atom. The molecule has 0 spiro atoms. The van der Waals surface area contributed by atoms with Gasteiger partial charge in [0, 0.05) is 34.2 Å². The smallest absolute Gasteiger partial charge is 0.272 e. The molecule has 2 aromatic carbocycles. The number of pyridine rings is 1. The predicted octanol–water partition coefficient (Wildman–Crippen LogP) is 5.28. The van der Waals surface area contributed by atoms with Crippen molar-refractivity contribution in [3.63, 3.8) is 0 Å². The SMILES string of the molecule is O=C(CSc1cccc(NC(=O)/C(=C/c2ccsc2)NC(=O)c2ccccc2)c1)Nc1ccncc1. The third-order valence-electron chi connectivity index (χ3n) is 4.81. The molecule has 9 heteroatoms. The minimum absolute atomic E-state index is 0.122. The molecule has 0 fully saturated rings. The monoisotopic (exact) mass is 514 g/mol. The van der Waals surface area contributed by atoms with Gasteiger partial charge in [0.2, 0.25) is 5.91 Å². The largest absolute Gasteiger partial charge is 0.325 e. The molecule has 0 aliphatic heterocycles. The first-order chi connectivity index (χ1) is 17.6. The van der Waals surface area contributed by atoms with E-state index in [0.717, 1.165) is 10.5 Å². The summed E-state index contributed by atoms with van der Waals surface area (Å²) in [5, 5.41) is 12.2. The summed E-state index contributed by atoms with van der Waals surface area (Å²) in [6.07, 6.45) is 4.85. The van der Waals surface area contributed by atoms with Gasteiger partial charge in [-0.2, -0.15) is 11.3 Å². The quantitative estimate of drug-likeness (QED) is 0.208. The molecular formula is C27H22N4O3S2. The molecule has 3 N–H and O–H groups in total. The molecule has 7 nitrogen and oxygen atoms in total. The summed E-state index contributed by atoms with van der Waals surface area (Å²) < 4.78 is 0. The fourth-order valence-corrected chi connectivity index (χ4v) is 4.48. The van der Waals surface area contributed by atoms with Crippen LogP contribution in [0.3, 0.4) is 0 Å². The highest BCUT2D eigenvalue weighted by molar-refractivity contribution is 8.00. The molecule has 0 unspecified atom stereocenters. The zero-order valence-corrected chi connectivity index (χ0v) is 20.6. The van der Waals surface area contributed by atoms with Gasteiger partial charge in [-0.1, -0.05) is 24.3 Å². The summed E-state index contributed by atoms with van der Waals surface area (Å²) in [5.41, 5.74) is 2.61. The molecule has 0 saturated carbocycles. The molecule has 0 atom stereocenters. The third-order valence-corrected chi connectivity index (χ3v) is 6.50. The van der Waals surface area contributed by atoms with Crippen LogP contribution in [0.5, 0.6) is 0 Å². The number of hydrogen-bond donors (Lipinski definition) is 3. The first-order valence-electron chi connectivity index (χ1n) is 10.9. The van der Waals surface area contributed by atoms with E-state index in [2.05, 4.69) is 20.9 Å². The van der Waals surface area contributed by atoms with Crippen LogP contribution in [-0.2, 0) is 9.59 Å². The van der Waals surface area contributed by atoms with E-state index in [1.54, 1.807) is 73.1 Å². The summed E-state index contributed by atoms with van der Waals surface area (Å²) in [7, 11) is 0. The highest BCUT2D eigenvalue weighted by Gasteiger charge is 2.15. The summed E-state index contributed by atoms with van der Waals surface area (Å²) >= 11 is 2.84. The first-order valence-corrected chi connectivity index (χ1v) is 12.8. The van der Waals surface area contributed by atoms with Gasteiger partial charge < -0.3 is 16.0 Å². The number of thioether (sulfide) groups is 1. The summed E-state index contributed by atoms with van der Waals surface area (Å²) in [4.78, 5) is 42.8. The van der Waals surface area contributed by atoms with Crippen molar-refractivity contribution in [1.29, 1.82) is 0 Å². The molecule has 180 valence electrons. The zero-order valence-electron chi connectivity index (χ0n) is 19.0. The zero-order chi connectivity index (χ0) is 25.2. The maximum absolute atomic E-state index is 13.1. The molecule has 0 aliphatic carbocycles. The molecular weight excluding hydrogens is 492 g/mol. The highest BCUT2D eigenvalue weighted by atomic mass is 32.2. The second-order valence-corrected chi connectivity index (χ2v) is 9.32. The van der Waals surface area contributed by atoms with Crippen LogP contribution in [0.1, 0.15) is 15.9 Å². The second-order valence-electron chi connectivity index (χ2n) is 7.49. The van der Waals surface area contributed by atoms with E-state index < -0.39 is 5.91 Å². The third kappa shape index (κ3) is 7.39. The number of benzene rings is 2. The predicted molar refractivity (Wildman–Crippen MR) is 145 cm³/mol. The second kappa shape index (κ2) is 12.5. The van der Waals surface area contributed by atoms with Crippen LogP contribution in [0.4, 0.5) is 11.4 Å². The van der Waals surface area contributed by atoms with Crippen molar-refractivity contribution in [3.8, 4) is 0 Å². The van der Waals surface area contributed by atoms with E-state index in [9.17, 15) is 14.4 Å². The van der Waals surface area contributed by atoms with Crippen molar-refractivity contribution in [3.05, 3.63) is 113 Å². The number of thiophene rings is 1. The van der Waals surface area contributed by atoms with Gasteiger partial charge in [0.25, 0.3) is 11.8 Å². The minimum atomic E-state index is -0.455. The number of aromatic nitrogens is 1. The molecule has 0 saturated heterocycles. The molecule has 4 rings (SSSR count). The van der Waals surface area contributed by atoms with Crippen molar-refractivity contribution in [1.82, 2.24) is 10.3 Å². The molecule has 2 heterocycles. The van der Waals surface area contributed by atoms with Crippen molar-refractivity contribution in [2.75, 3.05) is 16.4 Å². The van der Waals surface area contributed by atoms with Crippen LogP contribution in [0.15, 0.2) is 107 Å². The van der Waals surface area contributed by atoms with Gasteiger partial charge in [-0.3, -0.25) is 19.4 Å². The van der Waals surface area contributed by atoms with Gasteiger partial charge >= 0.3 is 0 Å². The van der Waals surface area contributed by atoms with Crippen molar-refractivity contribution < 1.29 is 14.4 Å². The van der Waals surface area contributed by atoms with E-state index >= 15 is 0 Å². The Bertz CT molecular complexity index is 1360. The van der Waals surface area contributed by atoms with Crippen molar-refractivity contribution >= 4 is 58.3 Å². The van der Waals surface area contributed by atoms with Gasteiger partial charge in [0.15, 0.2) is 0 Å². The van der Waals surface area contributed by atoms with E-state index in [-0.39, 0.29) is 23.3 Å². The normalized spacial score (nSPS) is 10.9. The van der Waals surface area contributed by atoms with E-state index in [1.165, 1.54) is 23.1 Å². The van der Waals surface area contributed by atoms with Crippen molar-refractivity contribution in [2.24, 2.45) is 0 Å². The number of anilines is 2. The maximum atomic E-state index is 13.1. The van der Waals surface area contributed by atoms with Gasteiger partial charge in [-0.05, 0) is 70.9 Å². The lowest BCUT2D eigenvalue weighted by atomic mass is 10.2. The van der Waals surface area contributed by atoms with Gasteiger partial charge in [-0.25, -0.2) is 0 Å². The fraction of sp³-hybridized carbons (Fsp3) is 0.0370. The van der Waals surface area contributed by atoms with Crippen molar-refractivity contribution in [2.45, 2.75) is 4.90 Å². The Morgan fingerprint density at radius 3 is 2.44 bits per heavy atom. The average molecular weight is 515 g/mol. The summed E-state index contributed by atoms with van der Waals surface area (Å²) in [6, 6.07) is 21.2. The van der Waals surface area contributed by atoms with Gasteiger partial charge in [-0.15, -0.1) is 11.8 Å². The number of nitrogens with zero attached hydrogens (tertiary/aromatic N) is 1. The standard InChI is InChI=1S/C27H22N4O3S2/c32-25(29-21-9-12-28-13-10-21)18-36-23-8-4-7-22(16-23)30-27(34)24(15-19-11-14-35-17-19)31-26(33)20-5-2-1-3-6-20/h1-17H,18H2,(H,30,34)(H,31,33)(H,28,29,32)/b24-15-. The Kier molecular flexibility index (Phi) is 8.63. The first kappa shape index (κ1) is 24.9. The summed E-state index contributed by atoms with van der Waals surface area (Å²) in [6.45, 7) is 0. The number of rotatable bonds is 9. The minimum Gasteiger partial charge on any atom is -0.325 e. The number of amides is 3. The van der Waals surface area contributed by atoms with Gasteiger partial charge in [0.05, 0.1) is 5.75 Å². The lowest BCUT2D eigenvalue weighted by Gasteiger charge is -2.12. The van der Waals surface area contributed by atoms with Crippen LogP contribution in [0.25, 0.3) is 6.08 Å². The van der Waals surface area contributed by atoms with E-state index in [1.807, 2.05) is 29.0 Å². The topological polar surface area (TPSA) is 100 Å². The molecule has 0 radical (unpaired) electrons. The average Bonchev–Trinajstić information content (AvgIpc) is 3.42. The highest BCUT2D eigenvalue weighted by Crippen LogP contribution is 2.22. The van der Waals surface area contributed by atoms with E-state index in [0.29, 0.717) is 16.9 Å². The molecule has 36 heavy (non-hydrogen) atoms. The maximum Gasteiger partial charge on any atom is 0.272 e. The number of hydrogen-bond acceptors (Lipinski definition) is 6. The van der Waals surface area contributed by atoms with Crippen LogP contribution in [0, 0.1) is 0 Å². The molecule has 0 bridgehead atoms. The Hall–Kier alpha value is -4.21. The van der Waals surface area contributed by atoms with Crippen LogP contribution in [-0.4, -0.2) is 28.5 Å². The molecule has 3 amide bonds. The Balaban J connectivity index is 1.41. The Morgan fingerprint density at radius 1 is 0.889 bits per heavy atom. The van der Waals surface area contributed by atoms with Crippen LogP contribution < -0.4 is 16.0 Å². The molecule has 2 aromatic heterocycles. The Labute approximate surface area is 216 Å². The molecule has 0 aliphatic rings. The van der Waals surface area contributed by atoms with Crippen LogP contribution >= 0.6 is 23.1 Å².